The molecule has 0 radical (unpaired) electrons. The lowest BCUT2D eigenvalue weighted by Crippen LogP contribution is -2.30. The Kier molecular flexibility index (Phi) is 7.36. The summed E-state index contributed by atoms with van der Waals surface area (Å²) in [6.45, 7) is 6.30. The van der Waals surface area contributed by atoms with Gasteiger partial charge in [0.25, 0.3) is 5.91 Å². The number of rotatable bonds is 8. The minimum atomic E-state index is -0.0775. The van der Waals surface area contributed by atoms with E-state index in [1.165, 1.54) is 5.56 Å². The van der Waals surface area contributed by atoms with Gasteiger partial charge < -0.3 is 10.2 Å². The molecule has 2 rings (SSSR count). The molecule has 0 aliphatic carbocycles. The molecule has 0 bridgehead atoms. The Morgan fingerprint density at radius 2 is 1.54 bits per heavy atom. The van der Waals surface area contributed by atoms with Gasteiger partial charge in [0.2, 0.25) is 5.91 Å². The largest absolute Gasteiger partial charge is 0.339 e. The minimum absolute atomic E-state index is 0.00970. The van der Waals surface area contributed by atoms with Gasteiger partial charge in [0.1, 0.15) is 0 Å². The van der Waals surface area contributed by atoms with Crippen molar-refractivity contribution in [3.8, 4) is 0 Å². The first-order chi connectivity index (χ1) is 12.5. The first-order valence-electron chi connectivity index (χ1n) is 8.95. The molecule has 138 valence electrons. The standard InChI is InChI=1S/C21H27N3O2/c1-4-24(5-2)21(26)18-11-13-19(14-12-18)22-20(25)16-23(3)15-17-9-7-6-8-10-17/h6-14H,4-5,15-16H2,1-3H3,(H,22,25). The fourth-order valence-electron chi connectivity index (χ4n) is 2.79. The highest BCUT2D eigenvalue weighted by molar-refractivity contribution is 5.96. The van der Waals surface area contributed by atoms with Crippen molar-refractivity contribution < 1.29 is 9.59 Å². The SMILES string of the molecule is CCN(CC)C(=O)c1ccc(NC(=O)CN(C)Cc2ccccc2)cc1. The Hall–Kier alpha value is -2.66. The maximum absolute atomic E-state index is 12.3. The summed E-state index contributed by atoms with van der Waals surface area (Å²) in [6, 6.07) is 17.1. The van der Waals surface area contributed by atoms with Crippen LogP contribution in [0.3, 0.4) is 0 Å². The molecule has 1 N–H and O–H groups in total. The normalized spacial score (nSPS) is 10.6. The molecule has 0 heterocycles. The average molecular weight is 353 g/mol. The van der Waals surface area contributed by atoms with E-state index >= 15 is 0 Å². The number of carbonyl (C=O) groups is 2. The number of nitrogens with zero attached hydrogens (tertiary/aromatic N) is 2. The van der Waals surface area contributed by atoms with Gasteiger partial charge in [-0.3, -0.25) is 14.5 Å². The van der Waals surface area contributed by atoms with Gasteiger partial charge in [0.15, 0.2) is 0 Å². The average Bonchev–Trinajstić information content (AvgIpc) is 2.63. The second kappa shape index (κ2) is 9.73. The summed E-state index contributed by atoms with van der Waals surface area (Å²) in [5.74, 6) is -0.0679. The van der Waals surface area contributed by atoms with E-state index in [9.17, 15) is 9.59 Å². The van der Waals surface area contributed by atoms with Gasteiger partial charge in [-0.05, 0) is 50.7 Å². The van der Waals surface area contributed by atoms with E-state index < -0.39 is 0 Å². The van der Waals surface area contributed by atoms with Crippen molar-refractivity contribution in [3.63, 3.8) is 0 Å². The lowest BCUT2D eigenvalue weighted by molar-refractivity contribution is -0.117. The van der Waals surface area contributed by atoms with Crippen molar-refractivity contribution in [2.45, 2.75) is 20.4 Å². The molecule has 5 heteroatoms. The molecular weight excluding hydrogens is 326 g/mol. The van der Waals surface area contributed by atoms with Crippen LogP contribution in [0.4, 0.5) is 5.69 Å². The van der Waals surface area contributed by atoms with Gasteiger partial charge in [-0.15, -0.1) is 0 Å². The van der Waals surface area contributed by atoms with Crippen LogP contribution in [-0.4, -0.2) is 48.3 Å². The Morgan fingerprint density at radius 3 is 2.12 bits per heavy atom. The highest BCUT2D eigenvalue weighted by Crippen LogP contribution is 2.12. The quantitative estimate of drug-likeness (QED) is 0.793. The fraction of sp³-hybridized carbons (Fsp3) is 0.333. The molecule has 0 unspecified atom stereocenters. The van der Waals surface area contributed by atoms with Crippen LogP contribution in [0.1, 0.15) is 29.8 Å². The zero-order chi connectivity index (χ0) is 18.9. The van der Waals surface area contributed by atoms with Crippen molar-refractivity contribution in [1.82, 2.24) is 9.80 Å². The summed E-state index contributed by atoms with van der Waals surface area (Å²) in [4.78, 5) is 28.2. The summed E-state index contributed by atoms with van der Waals surface area (Å²) in [5.41, 5.74) is 2.49. The molecule has 0 spiro atoms. The van der Waals surface area contributed by atoms with Crippen LogP contribution in [0.5, 0.6) is 0 Å². The van der Waals surface area contributed by atoms with E-state index in [2.05, 4.69) is 5.32 Å². The highest BCUT2D eigenvalue weighted by Gasteiger charge is 2.12. The third-order valence-electron chi connectivity index (χ3n) is 4.18. The summed E-state index contributed by atoms with van der Waals surface area (Å²) in [5, 5.41) is 2.88. The number of anilines is 1. The molecule has 2 aromatic rings. The lowest BCUT2D eigenvalue weighted by atomic mass is 10.1. The van der Waals surface area contributed by atoms with E-state index in [-0.39, 0.29) is 11.8 Å². The number of benzene rings is 2. The molecular formula is C21H27N3O2. The number of hydrogen-bond donors (Lipinski definition) is 1. The first kappa shape index (κ1) is 19.7. The zero-order valence-electron chi connectivity index (χ0n) is 15.7. The molecule has 0 aliphatic heterocycles. The summed E-state index contributed by atoms with van der Waals surface area (Å²) in [7, 11) is 1.92. The number of nitrogens with one attached hydrogen (secondary N) is 1. The lowest BCUT2D eigenvalue weighted by Gasteiger charge is -2.19. The van der Waals surface area contributed by atoms with Crippen molar-refractivity contribution in [2.24, 2.45) is 0 Å². The van der Waals surface area contributed by atoms with Crippen molar-refractivity contribution in [2.75, 3.05) is 32.0 Å². The summed E-state index contributed by atoms with van der Waals surface area (Å²) >= 11 is 0. The third kappa shape index (κ3) is 5.70. The predicted octanol–water partition coefficient (Wildman–Crippen LogP) is 3.24. The van der Waals surface area contributed by atoms with Crippen LogP contribution in [0, 0.1) is 0 Å². The molecule has 0 atom stereocenters. The van der Waals surface area contributed by atoms with Crippen LogP contribution in [0.15, 0.2) is 54.6 Å². The Morgan fingerprint density at radius 1 is 0.923 bits per heavy atom. The monoisotopic (exact) mass is 353 g/mol. The third-order valence-corrected chi connectivity index (χ3v) is 4.18. The van der Waals surface area contributed by atoms with Gasteiger partial charge in [-0.25, -0.2) is 0 Å². The maximum Gasteiger partial charge on any atom is 0.253 e. The molecule has 0 aromatic heterocycles. The Bertz CT molecular complexity index is 710. The van der Waals surface area contributed by atoms with Crippen LogP contribution < -0.4 is 5.32 Å². The van der Waals surface area contributed by atoms with E-state index in [4.69, 9.17) is 0 Å². The molecule has 26 heavy (non-hydrogen) atoms. The van der Waals surface area contributed by atoms with Crippen LogP contribution in [-0.2, 0) is 11.3 Å². The van der Waals surface area contributed by atoms with E-state index in [1.807, 2.05) is 56.1 Å². The molecule has 0 aliphatic rings. The van der Waals surface area contributed by atoms with Crippen molar-refractivity contribution >= 4 is 17.5 Å². The topological polar surface area (TPSA) is 52.7 Å². The summed E-state index contributed by atoms with van der Waals surface area (Å²) in [6.07, 6.45) is 0. The van der Waals surface area contributed by atoms with E-state index in [1.54, 1.807) is 29.2 Å². The van der Waals surface area contributed by atoms with Gasteiger partial charge in [0, 0.05) is 30.9 Å². The number of likely N-dealkylation sites (N-methyl/N-ethyl adjacent to an activating group) is 1. The van der Waals surface area contributed by atoms with Gasteiger partial charge in [-0.2, -0.15) is 0 Å². The second-order valence-corrected chi connectivity index (χ2v) is 6.26. The van der Waals surface area contributed by atoms with E-state index in [0.717, 1.165) is 0 Å². The molecule has 0 saturated carbocycles. The Balaban J connectivity index is 1.88. The zero-order valence-corrected chi connectivity index (χ0v) is 15.7. The number of amides is 2. The maximum atomic E-state index is 12.3. The smallest absolute Gasteiger partial charge is 0.253 e. The second-order valence-electron chi connectivity index (χ2n) is 6.26. The highest BCUT2D eigenvalue weighted by atomic mass is 16.2. The molecule has 0 fully saturated rings. The molecule has 5 nitrogen and oxygen atoms in total. The number of carbonyl (C=O) groups excluding carboxylic acids is 2. The Labute approximate surface area is 155 Å². The van der Waals surface area contributed by atoms with Crippen LogP contribution in [0.2, 0.25) is 0 Å². The predicted molar refractivity (Wildman–Crippen MR) is 105 cm³/mol. The minimum Gasteiger partial charge on any atom is -0.339 e. The van der Waals surface area contributed by atoms with Crippen LogP contribution in [0.25, 0.3) is 0 Å². The van der Waals surface area contributed by atoms with Gasteiger partial charge in [-0.1, -0.05) is 30.3 Å². The molecule has 2 aromatic carbocycles. The van der Waals surface area contributed by atoms with Gasteiger partial charge >= 0.3 is 0 Å². The van der Waals surface area contributed by atoms with E-state index in [0.29, 0.717) is 37.4 Å². The van der Waals surface area contributed by atoms with Gasteiger partial charge in [0.05, 0.1) is 6.54 Å². The molecule has 0 saturated heterocycles. The summed E-state index contributed by atoms with van der Waals surface area (Å²) < 4.78 is 0. The first-order valence-corrected chi connectivity index (χ1v) is 8.95. The number of hydrogen-bond acceptors (Lipinski definition) is 3. The van der Waals surface area contributed by atoms with Crippen molar-refractivity contribution in [1.29, 1.82) is 0 Å². The van der Waals surface area contributed by atoms with Crippen molar-refractivity contribution in [3.05, 3.63) is 65.7 Å². The molecule has 2 amide bonds. The van der Waals surface area contributed by atoms with Crippen LogP contribution >= 0.6 is 0 Å². The fourth-order valence-corrected chi connectivity index (χ4v) is 2.79.